The number of piperazine rings is 1. The Morgan fingerprint density at radius 2 is 1.81 bits per heavy atom. The molecule has 94 valence electrons. The lowest BCUT2D eigenvalue weighted by atomic mass is 9.85. The second-order valence-electron chi connectivity index (χ2n) is 6.72. The Kier molecular flexibility index (Phi) is 3.57. The largest absolute Gasteiger partial charge is 0.314 e. The summed E-state index contributed by atoms with van der Waals surface area (Å²) < 4.78 is 0. The minimum absolute atomic E-state index is 0.409. The summed E-state index contributed by atoms with van der Waals surface area (Å²) in [5.74, 6) is 0. The van der Waals surface area contributed by atoms with E-state index < -0.39 is 0 Å². The van der Waals surface area contributed by atoms with E-state index in [9.17, 15) is 0 Å². The predicted molar refractivity (Wildman–Crippen MR) is 68.7 cm³/mol. The van der Waals surface area contributed by atoms with Crippen molar-refractivity contribution >= 4 is 0 Å². The van der Waals surface area contributed by atoms with Gasteiger partial charge < -0.3 is 15.5 Å². The van der Waals surface area contributed by atoms with Gasteiger partial charge in [-0.1, -0.05) is 20.8 Å². The van der Waals surface area contributed by atoms with Crippen LogP contribution in [0.2, 0.25) is 0 Å². The zero-order valence-electron chi connectivity index (χ0n) is 11.1. The molecule has 0 aromatic heterocycles. The molecule has 0 aromatic carbocycles. The first-order valence-electron chi connectivity index (χ1n) is 6.67. The molecule has 1 spiro atoms. The number of hydrogen-bond acceptors (Lipinski definition) is 3. The lowest BCUT2D eigenvalue weighted by Crippen LogP contribution is -2.63. The molecule has 2 rings (SSSR count). The van der Waals surface area contributed by atoms with E-state index in [-0.39, 0.29) is 0 Å². The van der Waals surface area contributed by atoms with E-state index in [2.05, 4.69) is 36.3 Å². The molecular weight excluding hydrogens is 198 g/mol. The molecule has 0 aliphatic carbocycles. The second-order valence-corrected chi connectivity index (χ2v) is 6.72. The molecule has 3 heteroatoms. The van der Waals surface area contributed by atoms with Crippen molar-refractivity contribution in [3.63, 3.8) is 0 Å². The molecule has 2 saturated heterocycles. The average molecular weight is 225 g/mol. The lowest BCUT2D eigenvalue weighted by molar-refractivity contribution is 0.0950. The molecule has 2 aliphatic heterocycles. The third kappa shape index (κ3) is 3.19. The van der Waals surface area contributed by atoms with Crippen molar-refractivity contribution in [3.8, 4) is 0 Å². The van der Waals surface area contributed by atoms with Gasteiger partial charge in [0.1, 0.15) is 0 Å². The first-order valence-corrected chi connectivity index (χ1v) is 6.67. The van der Waals surface area contributed by atoms with E-state index in [0.29, 0.717) is 11.0 Å². The van der Waals surface area contributed by atoms with Gasteiger partial charge in [0.2, 0.25) is 0 Å². The van der Waals surface area contributed by atoms with Gasteiger partial charge in [0, 0.05) is 31.7 Å². The molecule has 0 atom stereocenters. The average Bonchev–Trinajstić information content (AvgIpc) is 2.22. The summed E-state index contributed by atoms with van der Waals surface area (Å²) in [5, 5.41) is 7.26. The van der Waals surface area contributed by atoms with Crippen molar-refractivity contribution in [3.05, 3.63) is 0 Å². The third-order valence-corrected chi connectivity index (χ3v) is 3.78. The van der Waals surface area contributed by atoms with Crippen LogP contribution >= 0.6 is 0 Å². The van der Waals surface area contributed by atoms with Crippen LogP contribution in [-0.4, -0.2) is 49.7 Å². The quantitative estimate of drug-likeness (QED) is 0.699. The summed E-state index contributed by atoms with van der Waals surface area (Å²) in [6.07, 6.45) is 2.60. The van der Waals surface area contributed by atoms with Crippen molar-refractivity contribution in [2.24, 2.45) is 5.41 Å². The summed E-state index contributed by atoms with van der Waals surface area (Å²) in [6, 6.07) is 0. The van der Waals surface area contributed by atoms with E-state index in [1.165, 1.54) is 32.5 Å². The Morgan fingerprint density at radius 3 is 2.31 bits per heavy atom. The molecule has 16 heavy (non-hydrogen) atoms. The van der Waals surface area contributed by atoms with Crippen LogP contribution in [0.1, 0.15) is 33.6 Å². The van der Waals surface area contributed by atoms with Crippen molar-refractivity contribution in [2.75, 3.05) is 39.3 Å². The lowest BCUT2D eigenvalue weighted by Gasteiger charge is -2.46. The molecule has 0 amide bonds. The maximum absolute atomic E-state index is 3.73. The van der Waals surface area contributed by atoms with E-state index >= 15 is 0 Å². The Morgan fingerprint density at radius 1 is 1.12 bits per heavy atom. The Bertz CT molecular complexity index is 216. The highest BCUT2D eigenvalue weighted by Crippen LogP contribution is 2.25. The predicted octanol–water partition coefficient (Wildman–Crippen LogP) is 1.06. The number of hydrogen-bond donors (Lipinski definition) is 2. The van der Waals surface area contributed by atoms with Crippen LogP contribution in [0.15, 0.2) is 0 Å². The molecule has 2 fully saturated rings. The van der Waals surface area contributed by atoms with Crippen LogP contribution in [0.25, 0.3) is 0 Å². The highest BCUT2D eigenvalue weighted by Gasteiger charge is 2.35. The highest BCUT2D eigenvalue weighted by molar-refractivity contribution is 4.97. The van der Waals surface area contributed by atoms with E-state index in [0.717, 1.165) is 19.6 Å². The molecule has 0 aromatic rings. The van der Waals surface area contributed by atoms with E-state index in [4.69, 9.17) is 0 Å². The monoisotopic (exact) mass is 225 g/mol. The van der Waals surface area contributed by atoms with Crippen molar-refractivity contribution in [2.45, 2.75) is 39.2 Å². The smallest absolute Gasteiger partial charge is 0.0331 e. The van der Waals surface area contributed by atoms with Gasteiger partial charge in [-0.2, -0.15) is 0 Å². The fourth-order valence-corrected chi connectivity index (χ4v) is 2.97. The van der Waals surface area contributed by atoms with Crippen molar-refractivity contribution in [1.82, 2.24) is 15.5 Å². The van der Waals surface area contributed by atoms with Crippen LogP contribution in [0.5, 0.6) is 0 Å². The van der Waals surface area contributed by atoms with Gasteiger partial charge in [-0.3, -0.25) is 0 Å². The van der Waals surface area contributed by atoms with Crippen LogP contribution in [0.3, 0.4) is 0 Å². The first kappa shape index (κ1) is 12.3. The van der Waals surface area contributed by atoms with Crippen molar-refractivity contribution in [1.29, 1.82) is 0 Å². The molecule has 3 nitrogen and oxygen atoms in total. The van der Waals surface area contributed by atoms with Gasteiger partial charge in [-0.25, -0.2) is 0 Å². The molecule has 0 unspecified atom stereocenters. The summed E-state index contributed by atoms with van der Waals surface area (Å²) in [7, 11) is 0. The van der Waals surface area contributed by atoms with Crippen LogP contribution in [0.4, 0.5) is 0 Å². The fraction of sp³-hybridized carbons (Fsp3) is 1.00. The summed E-state index contributed by atoms with van der Waals surface area (Å²) in [4.78, 5) is 2.63. The SMILES string of the molecule is CC(C)(C)CN1CCC2(CC1)CNCCN2. The van der Waals surface area contributed by atoms with Gasteiger partial charge >= 0.3 is 0 Å². The molecule has 0 radical (unpaired) electrons. The Balaban J connectivity index is 1.82. The van der Waals surface area contributed by atoms with Crippen LogP contribution in [0, 0.1) is 5.41 Å². The summed E-state index contributed by atoms with van der Waals surface area (Å²) in [5.41, 5.74) is 0.843. The Labute approximate surface area is 100.0 Å². The maximum atomic E-state index is 3.73. The van der Waals surface area contributed by atoms with E-state index in [1.54, 1.807) is 0 Å². The zero-order chi connectivity index (χ0) is 11.6. The van der Waals surface area contributed by atoms with Crippen LogP contribution < -0.4 is 10.6 Å². The molecule has 2 aliphatic rings. The third-order valence-electron chi connectivity index (χ3n) is 3.78. The molecule has 2 heterocycles. The summed E-state index contributed by atoms with van der Waals surface area (Å²) in [6.45, 7) is 14.2. The molecule has 0 saturated carbocycles. The second kappa shape index (κ2) is 4.63. The molecule has 0 bridgehead atoms. The normalized spacial score (nSPS) is 27.2. The standard InChI is InChI=1S/C13H27N3/c1-12(2,3)11-16-8-4-13(5-9-16)10-14-6-7-15-13/h14-15H,4-11H2,1-3H3. The van der Waals surface area contributed by atoms with Gasteiger partial charge in [-0.05, 0) is 31.3 Å². The van der Waals surface area contributed by atoms with Gasteiger partial charge in [0.05, 0.1) is 0 Å². The van der Waals surface area contributed by atoms with Gasteiger partial charge in [0.15, 0.2) is 0 Å². The van der Waals surface area contributed by atoms with Crippen LogP contribution in [-0.2, 0) is 0 Å². The number of nitrogens with zero attached hydrogens (tertiary/aromatic N) is 1. The molecule has 2 N–H and O–H groups in total. The minimum atomic E-state index is 0.409. The first-order chi connectivity index (χ1) is 7.49. The fourth-order valence-electron chi connectivity index (χ4n) is 2.97. The number of likely N-dealkylation sites (tertiary alicyclic amines) is 1. The topological polar surface area (TPSA) is 27.3 Å². The number of nitrogens with one attached hydrogen (secondary N) is 2. The zero-order valence-corrected chi connectivity index (χ0v) is 11.1. The maximum Gasteiger partial charge on any atom is 0.0331 e. The van der Waals surface area contributed by atoms with E-state index in [1.807, 2.05) is 0 Å². The summed E-state index contributed by atoms with van der Waals surface area (Å²) >= 11 is 0. The molecular formula is C13H27N3. The van der Waals surface area contributed by atoms with Gasteiger partial charge in [0.25, 0.3) is 0 Å². The Hall–Kier alpha value is -0.120. The highest BCUT2D eigenvalue weighted by atomic mass is 15.2. The number of rotatable bonds is 1. The van der Waals surface area contributed by atoms with Gasteiger partial charge in [-0.15, -0.1) is 0 Å². The van der Waals surface area contributed by atoms with Crippen molar-refractivity contribution < 1.29 is 0 Å². The minimum Gasteiger partial charge on any atom is -0.314 e. The number of piperidine rings is 1.